The summed E-state index contributed by atoms with van der Waals surface area (Å²) in [5, 5.41) is 36.0. The highest BCUT2D eigenvalue weighted by Crippen LogP contribution is 2.29. The fraction of sp³-hybridized carbons (Fsp3) is 0.613. The summed E-state index contributed by atoms with van der Waals surface area (Å²) in [7, 11) is 1.48. The van der Waals surface area contributed by atoms with Gasteiger partial charge in [-0.25, -0.2) is 0 Å². The second kappa shape index (κ2) is 18.0. The third-order valence-electron chi connectivity index (χ3n) is 7.43. The monoisotopic (exact) mass is 645 g/mol. The van der Waals surface area contributed by atoms with Crippen LogP contribution in [0.25, 0.3) is 0 Å². The van der Waals surface area contributed by atoms with E-state index in [0.717, 1.165) is 0 Å². The van der Waals surface area contributed by atoms with Crippen molar-refractivity contribution >= 4 is 23.6 Å². The Labute approximate surface area is 269 Å². The van der Waals surface area contributed by atoms with Crippen molar-refractivity contribution in [2.24, 2.45) is 5.92 Å². The molecule has 0 radical (unpaired) electrons. The number of nitrogens with zero attached hydrogens (tertiary/aromatic N) is 4. The fourth-order valence-corrected chi connectivity index (χ4v) is 4.99. The highest BCUT2D eigenvalue weighted by Gasteiger charge is 2.30. The summed E-state index contributed by atoms with van der Waals surface area (Å²) in [5.41, 5.74) is 0.767. The van der Waals surface area contributed by atoms with Crippen LogP contribution in [0, 0.1) is 5.92 Å². The van der Waals surface area contributed by atoms with Crippen LogP contribution in [0.4, 0.5) is 0 Å². The molecule has 1 aromatic carbocycles. The van der Waals surface area contributed by atoms with Gasteiger partial charge in [0.15, 0.2) is 11.5 Å². The number of aliphatic hydroxyl groups is 2. The fourth-order valence-electron chi connectivity index (χ4n) is 4.99. The minimum absolute atomic E-state index is 0.0141. The van der Waals surface area contributed by atoms with Crippen LogP contribution in [0.15, 0.2) is 24.4 Å². The normalized spacial score (nSPS) is 20.1. The topological polar surface area (TPSA) is 197 Å². The maximum Gasteiger partial charge on any atom is 0.252 e. The van der Waals surface area contributed by atoms with Gasteiger partial charge in [-0.15, -0.1) is 5.10 Å². The van der Waals surface area contributed by atoms with E-state index in [-0.39, 0.29) is 55.7 Å². The van der Waals surface area contributed by atoms with Gasteiger partial charge in [0.05, 0.1) is 26.0 Å². The van der Waals surface area contributed by atoms with Gasteiger partial charge in [0.25, 0.3) is 5.91 Å². The summed E-state index contributed by atoms with van der Waals surface area (Å²) in [6.07, 6.45) is 2.55. The van der Waals surface area contributed by atoms with Crippen LogP contribution in [-0.4, -0.2) is 105 Å². The molecule has 15 heteroatoms. The number of amides is 4. The van der Waals surface area contributed by atoms with Crippen LogP contribution in [0.3, 0.4) is 0 Å². The number of aromatic nitrogens is 3. The largest absolute Gasteiger partial charge is 0.493 e. The van der Waals surface area contributed by atoms with E-state index in [1.54, 1.807) is 27.9 Å². The summed E-state index contributed by atoms with van der Waals surface area (Å²) >= 11 is 0. The minimum Gasteiger partial charge on any atom is -0.493 e. The SMILES string of the molecule is COc1ccc2cc1OCc1cn(nn1)CCCN(C(=O)CCO)CCCCNC(=O)[C@H]([C@@H](C)O)NC(=O)[C@@H](CC(C)C)NC2=O. The van der Waals surface area contributed by atoms with Gasteiger partial charge < -0.3 is 40.5 Å². The molecule has 0 fully saturated rings. The predicted octanol–water partition coefficient (Wildman–Crippen LogP) is 0.387. The summed E-state index contributed by atoms with van der Waals surface area (Å²) in [5.74, 6) is -1.18. The van der Waals surface area contributed by atoms with Crippen LogP contribution >= 0.6 is 0 Å². The summed E-state index contributed by atoms with van der Waals surface area (Å²) in [4.78, 5) is 54.0. The average molecular weight is 646 g/mol. The summed E-state index contributed by atoms with van der Waals surface area (Å²) in [6, 6.07) is 2.40. The third-order valence-corrected chi connectivity index (χ3v) is 7.43. The number of rotatable bonds is 6. The lowest BCUT2D eigenvalue weighted by Gasteiger charge is -2.26. The Kier molecular flexibility index (Phi) is 14.2. The van der Waals surface area contributed by atoms with Crippen LogP contribution in [-0.2, 0) is 27.5 Å². The lowest BCUT2D eigenvalue weighted by Crippen LogP contribution is -2.57. The molecule has 4 amide bonds. The molecule has 46 heavy (non-hydrogen) atoms. The molecule has 3 atom stereocenters. The maximum absolute atomic E-state index is 13.4. The number of carbonyl (C=O) groups excluding carboxylic acids is 4. The van der Waals surface area contributed by atoms with E-state index in [4.69, 9.17) is 9.47 Å². The number of aryl methyl sites for hydroxylation is 1. The number of ether oxygens (including phenoxy) is 2. The highest BCUT2D eigenvalue weighted by molar-refractivity contribution is 5.99. The third kappa shape index (κ3) is 11.0. The van der Waals surface area contributed by atoms with Crippen LogP contribution in [0.2, 0.25) is 0 Å². The molecule has 0 saturated carbocycles. The Balaban J connectivity index is 1.87. The molecule has 5 N–H and O–H groups in total. The van der Waals surface area contributed by atoms with Crippen molar-refractivity contribution in [1.82, 2.24) is 35.8 Å². The molecular weight excluding hydrogens is 598 g/mol. The first-order valence-electron chi connectivity index (χ1n) is 15.7. The number of aliphatic hydroxyl groups excluding tert-OH is 2. The van der Waals surface area contributed by atoms with Gasteiger partial charge in [0, 0.05) is 38.2 Å². The average Bonchev–Trinajstić information content (AvgIpc) is 3.47. The number of hydrogen-bond donors (Lipinski definition) is 5. The maximum atomic E-state index is 13.4. The first-order valence-corrected chi connectivity index (χ1v) is 15.7. The van der Waals surface area contributed by atoms with Crippen molar-refractivity contribution in [3.05, 3.63) is 35.7 Å². The van der Waals surface area contributed by atoms with Gasteiger partial charge in [0.2, 0.25) is 17.7 Å². The first kappa shape index (κ1) is 36.2. The molecule has 2 aromatic rings. The van der Waals surface area contributed by atoms with Gasteiger partial charge in [-0.2, -0.15) is 0 Å². The number of carbonyl (C=O) groups is 4. The Morgan fingerprint density at radius 3 is 2.54 bits per heavy atom. The molecular formula is C31H47N7O8. The second-order valence-electron chi connectivity index (χ2n) is 11.7. The Morgan fingerprint density at radius 2 is 1.85 bits per heavy atom. The Hall–Kier alpha value is -4.24. The number of benzene rings is 1. The van der Waals surface area contributed by atoms with E-state index in [2.05, 4.69) is 26.3 Å². The van der Waals surface area contributed by atoms with Crippen molar-refractivity contribution in [2.45, 2.75) is 84.2 Å². The predicted molar refractivity (Wildman–Crippen MR) is 167 cm³/mol. The molecule has 0 aliphatic carbocycles. The van der Waals surface area contributed by atoms with E-state index >= 15 is 0 Å². The Bertz CT molecular complexity index is 1320. The van der Waals surface area contributed by atoms with Gasteiger partial charge in [-0.1, -0.05) is 19.1 Å². The van der Waals surface area contributed by atoms with Crippen molar-refractivity contribution in [1.29, 1.82) is 0 Å². The molecule has 1 aliphatic rings. The highest BCUT2D eigenvalue weighted by atomic mass is 16.5. The summed E-state index contributed by atoms with van der Waals surface area (Å²) < 4.78 is 13.0. The first-order chi connectivity index (χ1) is 22.0. The van der Waals surface area contributed by atoms with Gasteiger partial charge >= 0.3 is 0 Å². The lowest BCUT2D eigenvalue weighted by atomic mass is 10.0. The number of fused-ring (bicyclic) bond motifs is 4. The van der Waals surface area contributed by atoms with Crippen LogP contribution in [0.1, 0.15) is 68.9 Å². The lowest BCUT2D eigenvalue weighted by molar-refractivity contribution is -0.132. The van der Waals surface area contributed by atoms with Gasteiger partial charge in [-0.3, -0.25) is 23.9 Å². The quantitative estimate of drug-likeness (QED) is 0.293. The van der Waals surface area contributed by atoms with E-state index < -0.39 is 35.9 Å². The molecule has 15 nitrogen and oxygen atoms in total. The zero-order chi connectivity index (χ0) is 33.6. The zero-order valence-electron chi connectivity index (χ0n) is 27.0. The smallest absolute Gasteiger partial charge is 0.252 e. The molecule has 2 heterocycles. The number of nitrogens with one attached hydrogen (secondary N) is 3. The van der Waals surface area contributed by atoms with E-state index in [9.17, 15) is 29.4 Å². The van der Waals surface area contributed by atoms with Gasteiger partial charge in [0.1, 0.15) is 24.4 Å². The molecule has 3 rings (SSSR count). The molecule has 0 unspecified atom stereocenters. The van der Waals surface area contributed by atoms with Crippen LogP contribution in [0.5, 0.6) is 11.5 Å². The van der Waals surface area contributed by atoms with E-state index in [1.807, 2.05) is 13.8 Å². The van der Waals surface area contributed by atoms with E-state index in [0.29, 0.717) is 50.3 Å². The zero-order valence-corrected chi connectivity index (χ0v) is 27.0. The molecule has 0 saturated heterocycles. The molecule has 254 valence electrons. The Morgan fingerprint density at radius 1 is 1.09 bits per heavy atom. The standard InChI is InChI=1S/C31H47N7O8/c1-20(2)16-24-30(43)34-28(21(3)40)31(44)32-11-5-6-12-37(27(41)10-15-39)13-7-14-38-18-23(35-36-38)19-46-26-17-22(29(42)33-24)8-9-25(26)45-4/h8-9,17-18,20-21,24,28,39-40H,5-7,10-16,19H2,1-4H3,(H,32,44)(H,33,42)(H,34,43)/t21-,24-,28+/m1/s1. The molecule has 1 aliphatic heterocycles. The minimum atomic E-state index is -1.25. The molecule has 4 bridgehead atoms. The van der Waals surface area contributed by atoms with Crippen molar-refractivity contribution in [2.75, 3.05) is 33.4 Å². The summed E-state index contributed by atoms with van der Waals surface area (Å²) in [6.45, 7) is 6.62. The van der Waals surface area contributed by atoms with Gasteiger partial charge in [-0.05, 0) is 56.7 Å². The van der Waals surface area contributed by atoms with E-state index in [1.165, 1.54) is 20.1 Å². The molecule has 1 aromatic heterocycles. The second-order valence-corrected chi connectivity index (χ2v) is 11.7. The van der Waals surface area contributed by atoms with Crippen molar-refractivity contribution < 1.29 is 38.9 Å². The number of hydrogen-bond acceptors (Lipinski definition) is 10. The molecule has 0 spiro atoms. The number of methoxy groups -OCH3 is 1. The van der Waals surface area contributed by atoms with Crippen molar-refractivity contribution in [3.8, 4) is 11.5 Å². The van der Waals surface area contributed by atoms with Crippen LogP contribution < -0.4 is 25.4 Å². The van der Waals surface area contributed by atoms with Crippen molar-refractivity contribution in [3.63, 3.8) is 0 Å².